The fourth-order valence-electron chi connectivity index (χ4n) is 1.58. The van der Waals surface area contributed by atoms with Crippen molar-refractivity contribution >= 4 is 0 Å². The Balaban J connectivity index is 2.50. The molecule has 1 heterocycles. The predicted octanol–water partition coefficient (Wildman–Crippen LogP) is 2.38. The number of rotatable bonds is 2. The first kappa shape index (κ1) is 10.2. The van der Waals surface area contributed by atoms with Crippen LogP contribution in [0.1, 0.15) is 5.69 Å². The van der Waals surface area contributed by atoms with E-state index in [1.165, 1.54) is 6.20 Å². The normalized spacial score (nSPS) is 9.75. The van der Waals surface area contributed by atoms with E-state index in [1.807, 2.05) is 24.3 Å². The summed E-state index contributed by atoms with van der Waals surface area (Å²) in [5.41, 5.74) is 2.07. The number of hydrogen-bond donors (Lipinski definition) is 2. The Kier molecular flexibility index (Phi) is 2.57. The maximum atomic E-state index is 9.68. The highest BCUT2D eigenvalue weighted by atomic mass is 16.5. The second-order valence-corrected chi connectivity index (χ2v) is 3.30. The van der Waals surface area contributed by atoms with Gasteiger partial charge in [0.2, 0.25) is 0 Å². The van der Waals surface area contributed by atoms with Crippen LogP contribution in [0.15, 0.2) is 30.5 Å². The van der Waals surface area contributed by atoms with Gasteiger partial charge in [-0.15, -0.1) is 6.42 Å². The molecule has 0 spiro atoms. The van der Waals surface area contributed by atoms with Crippen molar-refractivity contribution in [1.29, 1.82) is 0 Å². The highest BCUT2D eigenvalue weighted by molar-refractivity contribution is 5.75. The van der Waals surface area contributed by atoms with Crippen molar-refractivity contribution in [3.63, 3.8) is 0 Å². The predicted molar refractivity (Wildman–Crippen MR) is 62.4 cm³/mol. The van der Waals surface area contributed by atoms with Crippen molar-refractivity contribution in [2.45, 2.75) is 0 Å². The fraction of sp³-hybridized carbons (Fsp3) is 0.0769. The van der Waals surface area contributed by atoms with Crippen molar-refractivity contribution in [3.05, 3.63) is 36.2 Å². The van der Waals surface area contributed by atoms with Gasteiger partial charge < -0.3 is 14.8 Å². The summed E-state index contributed by atoms with van der Waals surface area (Å²) in [7, 11) is 1.61. The molecular weight excluding hydrogens is 202 g/mol. The third-order valence-corrected chi connectivity index (χ3v) is 2.38. The number of benzene rings is 1. The Morgan fingerprint density at radius 3 is 2.56 bits per heavy atom. The van der Waals surface area contributed by atoms with E-state index in [1.54, 1.807) is 7.11 Å². The molecule has 2 aromatic rings. The van der Waals surface area contributed by atoms with Crippen LogP contribution in [0.4, 0.5) is 0 Å². The van der Waals surface area contributed by atoms with Gasteiger partial charge in [-0.05, 0) is 17.7 Å². The molecule has 0 aliphatic heterocycles. The SMILES string of the molecule is C#Cc1[nH]cc(O)c1-c1ccc(OC)cc1. The smallest absolute Gasteiger partial charge is 0.142 e. The van der Waals surface area contributed by atoms with Gasteiger partial charge in [-0.3, -0.25) is 0 Å². The molecular formula is C13H11NO2. The molecule has 80 valence electrons. The Labute approximate surface area is 93.7 Å². The summed E-state index contributed by atoms with van der Waals surface area (Å²) >= 11 is 0. The number of terminal acetylenes is 1. The molecule has 0 radical (unpaired) electrons. The molecule has 0 aliphatic carbocycles. The number of aromatic amines is 1. The molecule has 16 heavy (non-hydrogen) atoms. The molecule has 0 atom stereocenters. The lowest BCUT2D eigenvalue weighted by atomic mass is 10.1. The quantitative estimate of drug-likeness (QED) is 0.752. The minimum atomic E-state index is 0.151. The lowest BCUT2D eigenvalue weighted by molar-refractivity contribution is 0.415. The van der Waals surface area contributed by atoms with Crippen LogP contribution in [-0.2, 0) is 0 Å². The number of ether oxygens (including phenoxy) is 1. The van der Waals surface area contributed by atoms with E-state index in [0.29, 0.717) is 11.3 Å². The van der Waals surface area contributed by atoms with Gasteiger partial charge in [-0.2, -0.15) is 0 Å². The van der Waals surface area contributed by atoms with Gasteiger partial charge in [0.1, 0.15) is 17.2 Å². The molecule has 0 saturated carbocycles. The first-order chi connectivity index (χ1) is 7.76. The molecule has 0 aliphatic rings. The summed E-state index contributed by atoms with van der Waals surface area (Å²) in [6.07, 6.45) is 6.82. The topological polar surface area (TPSA) is 45.2 Å². The molecule has 2 rings (SSSR count). The summed E-state index contributed by atoms with van der Waals surface area (Å²) in [4.78, 5) is 2.83. The monoisotopic (exact) mass is 213 g/mol. The lowest BCUT2D eigenvalue weighted by Crippen LogP contribution is -1.84. The molecule has 2 N–H and O–H groups in total. The molecule has 3 heteroatoms. The highest BCUT2D eigenvalue weighted by Gasteiger charge is 2.10. The van der Waals surface area contributed by atoms with E-state index in [2.05, 4.69) is 10.9 Å². The van der Waals surface area contributed by atoms with Crippen LogP contribution >= 0.6 is 0 Å². The van der Waals surface area contributed by atoms with Gasteiger partial charge in [0.15, 0.2) is 0 Å². The number of aromatic nitrogens is 1. The Morgan fingerprint density at radius 2 is 2.00 bits per heavy atom. The number of aromatic hydroxyl groups is 1. The average Bonchev–Trinajstić information content (AvgIpc) is 2.70. The van der Waals surface area contributed by atoms with E-state index in [4.69, 9.17) is 11.2 Å². The third-order valence-electron chi connectivity index (χ3n) is 2.38. The Hall–Kier alpha value is -2.34. The maximum absolute atomic E-state index is 9.68. The second-order valence-electron chi connectivity index (χ2n) is 3.30. The molecule has 0 unspecified atom stereocenters. The minimum Gasteiger partial charge on any atom is -0.506 e. The molecule has 0 bridgehead atoms. The second kappa shape index (κ2) is 4.03. The summed E-state index contributed by atoms with van der Waals surface area (Å²) in [5, 5.41) is 9.68. The number of H-pyrrole nitrogens is 1. The van der Waals surface area contributed by atoms with Gasteiger partial charge >= 0.3 is 0 Å². The largest absolute Gasteiger partial charge is 0.506 e. The summed E-state index contributed by atoms with van der Waals surface area (Å²) in [6, 6.07) is 7.34. The molecule has 3 nitrogen and oxygen atoms in total. The molecule has 1 aromatic carbocycles. The van der Waals surface area contributed by atoms with Gasteiger partial charge in [-0.1, -0.05) is 18.1 Å². The van der Waals surface area contributed by atoms with Crippen LogP contribution < -0.4 is 4.74 Å². The van der Waals surface area contributed by atoms with Crippen LogP contribution in [0.5, 0.6) is 11.5 Å². The van der Waals surface area contributed by atoms with Crippen LogP contribution in [0, 0.1) is 12.3 Å². The van der Waals surface area contributed by atoms with Gasteiger partial charge in [-0.25, -0.2) is 0 Å². The Morgan fingerprint density at radius 1 is 1.31 bits per heavy atom. The third kappa shape index (κ3) is 1.61. The van der Waals surface area contributed by atoms with E-state index < -0.39 is 0 Å². The zero-order valence-corrected chi connectivity index (χ0v) is 8.82. The molecule has 0 fully saturated rings. The number of nitrogens with one attached hydrogen (secondary N) is 1. The van der Waals surface area contributed by atoms with Crippen LogP contribution in [0.2, 0.25) is 0 Å². The van der Waals surface area contributed by atoms with Crippen molar-refractivity contribution in [3.8, 4) is 35.0 Å². The van der Waals surface area contributed by atoms with E-state index in [-0.39, 0.29) is 5.75 Å². The van der Waals surface area contributed by atoms with Crippen molar-refractivity contribution < 1.29 is 9.84 Å². The maximum Gasteiger partial charge on any atom is 0.142 e. The van der Waals surface area contributed by atoms with Crippen molar-refractivity contribution in [2.75, 3.05) is 7.11 Å². The van der Waals surface area contributed by atoms with Gasteiger partial charge in [0.25, 0.3) is 0 Å². The summed E-state index contributed by atoms with van der Waals surface area (Å²) < 4.78 is 5.06. The van der Waals surface area contributed by atoms with E-state index in [0.717, 1.165) is 11.3 Å². The van der Waals surface area contributed by atoms with Crippen molar-refractivity contribution in [1.82, 2.24) is 4.98 Å². The molecule has 0 saturated heterocycles. The van der Waals surface area contributed by atoms with Gasteiger partial charge in [0, 0.05) is 6.20 Å². The van der Waals surface area contributed by atoms with Crippen LogP contribution in [0.3, 0.4) is 0 Å². The van der Waals surface area contributed by atoms with E-state index in [9.17, 15) is 5.11 Å². The summed E-state index contributed by atoms with van der Waals surface area (Å²) in [6.45, 7) is 0. The summed E-state index contributed by atoms with van der Waals surface area (Å²) in [5.74, 6) is 3.41. The van der Waals surface area contributed by atoms with Crippen molar-refractivity contribution in [2.24, 2.45) is 0 Å². The Bertz CT molecular complexity index is 532. The van der Waals surface area contributed by atoms with Crippen LogP contribution in [0.25, 0.3) is 11.1 Å². The molecule has 0 amide bonds. The zero-order valence-electron chi connectivity index (χ0n) is 8.82. The first-order valence-corrected chi connectivity index (χ1v) is 4.77. The van der Waals surface area contributed by atoms with E-state index >= 15 is 0 Å². The number of methoxy groups -OCH3 is 1. The zero-order chi connectivity index (χ0) is 11.5. The molecule has 1 aromatic heterocycles. The number of hydrogen-bond acceptors (Lipinski definition) is 2. The van der Waals surface area contributed by atoms with Gasteiger partial charge in [0.05, 0.1) is 12.7 Å². The van der Waals surface area contributed by atoms with Crippen LogP contribution in [-0.4, -0.2) is 17.2 Å². The fourth-order valence-corrected chi connectivity index (χ4v) is 1.58. The standard InChI is InChI=1S/C13H11NO2/c1-3-11-13(12(15)8-14-11)9-4-6-10(16-2)7-5-9/h1,4-8,14-15H,2H3. The average molecular weight is 213 g/mol. The first-order valence-electron chi connectivity index (χ1n) is 4.77. The minimum absolute atomic E-state index is 0.151. The highest BCUT2D eigenvalue weighted by Crippen LogP contribution is 2.32. The lowest BCUT2D eigenvalue weighted by Gasteiger charge is -2.03.